The minimum Gasteiger partial charge on any atom is -0.364 e. The van der Waals surface area contributed by atoms with Crippen LogP contribution >= 0.6 is 15.9 Å². The summed E-state index contributed by atoms with van der Waals surface area (Å²) in [6.07, 6.45) is 3.36. The molecule has 0 aliphatic heterocycles. The Balaban J connectivity index is 1.90. The molecule has 0 aliphatic rings. The first-order valence-corrected chi connectivity index (χ1v) is 7.04. The normalized spacial score (nSPS) is 10.2. The van der Waals surface area contributed by atoms with Gasteiger partial charge in [-0.2, -0.15) is 0 Å². The highest BCUT2D eigenvalue weighted by Gasteiger charge is 2.15. The predicted molar refractivity (Wildman–Crippen MR) is 81.8 cm³/mol. The maximum atomic E-state index is 10.9. The molecule has 0 fully saturated rings. The summed E-state index contributed by atoms with van der Waals surface area (Å²) in [6, 6.07) is 11.6. The number of pyridine rings is 1. The van der Waals surface area contributed by atoms with Crippen molar-refractivity contribution in [3.8, 4) is 0 Å². The van der Waals surface area contributed by atoms with Crippen LogP contribution in [0.4, 0.5) is 11.5 Å². The number of rotatable bonds is 6. The van der Waals surface area contributed by atoms with Gasteiger partial charge in [-0.3, -0.25) is 10.1 Å². The van der Waals surface area contributed by atoms with Crippen LogP contribution < -0.4 is 5.32 Å². The Hall–Kier alpha value is -1.95. The molecule has 2 aromatic rings. The summed E-state index contributed by atoms with van der Waals surface area (Å²) < 4.78 is 0.596. The molecule has 0 atom stereocenters. The number of hydrogen-bond donors (Lipinski definition) is 1. The summed E-state index contributed by atoms with van der Waals surface area (Å²) in [5, 5.41) is 14.0. The molecule has 5 nitrogen and oxygen atoms in total. The molecule has 1 aromatic heterocycles. The van der Waals surface area contributed by atoms with E-state index >= 15 is 0 Å². The number of aromatic nitrogens is 1. The number of anilines is 1. The number of benzene rings is 1. The van der Waals surface area contributed by atoms with E-state index in [-0.39, 0.29) is 5.69 Å². The summed E-state index contributed by atoms with van der Waals surface area (Å²) in [7, 11) is 0. The van der Waals surface area contributed by atoms with Gasteiger partial charge in [0.1, 0.15) is 0 Å². The Morgan fingerprint density at radius 2 is 2.05 bits per heavy atom. The van der Waals surface area contributed by atoms with Crippen LogP contribution in [0.2, 0.25) is 0 Å². The summed E-state index contributed by atoms with van der Waals surface area (Å²) in [5.41, 5.74) is 1.24. The number of nitrogens with one attached hydrogen (secondary N) is 1. The second-order valence-electron chi connectivity index (χ2n) is 4.29. The van der Waals surface area contributed by atoms with Crippen molar-refractivity contribution in [3.63, 3.8) is 0 Å². The average Bonchev–Trinajstić information content (AvgIpc) is 2.45. The molecule has 0 aliphatic carbocycles. The second-order valence-corrected chi connectivity index (χ2v) is 5.21. The van der Waals surface area contributed by atoms with Gasteiger partial charge >= 0.3 is 5.69 Å². The molecule has 20 heavy (non-hydrogen) atoms. The third kappa shape index (κ3) is 4.03. The van der Waals surface area contributed by atoms with Crippen molar-refractivity contribution < 1.29 is 4.92 Å². The maximum absolute atomic E-state index is 10.9. The standard InChI is InChI=1S/C14H14BrN3O2/c15-12-9-13(18(19)20)14(17-10-12)16-8-4-7-11-5-2-1-3-6-11/h1-3,5-6,9-10H,4,7-8H2,(H,16,17). The molecule has 0 spiro atoms. The third-order valence-corrected chi connectivity index (χ3v) is 3.24. The molecule has 0 amide bonds. The molecule has 0 saturated carbocycles. The van der Waals surface area contributed by atoms with Gasteiger partial charge in [-0.1, -0.05) is 30.3 Å². The van der Waals surface area contributed by atoms with E-state index < -0.39 is 4.92 Å². The summed E-state index contributed by atoms with van der Waals surface area (Å²) >= 11 is 3.18. The van der Waals surface area contributed by atoms with Gasteiger partial charge in [-0.15, -0.1) is 0 Å². The Bertz CT molecular complexity index is 590. The van der Waals surface area contributed by atoms with Crippen molar-refractivity contribution in [3.05, 3.63) is 62.7 Å². The van der Waals surface area contributed by atoms with Crippen LogP contribution in [0.3, 0.4) is 0 Å². The molecule has 0 radical (unpaired) electrons. The van der Waals surface area contributed by atoms with E-state index in [0.717, 1.165) is 12.8 Å². The first kappa shape index (κ1) is 14.5. The lowest BCUT2D eigenvalue weighted by Crippen LogP contribution is -2.07. The van der Waals surface area contributed by atoms with Crippen LogP contribution in [-0.4, -0.2) is 16.5 Å². The van der Waals surface area contributed by atoms with Crippen LogP contribution in [0, 0.1) is 10.1 Å². The number of aryl methyl sites for hydroxylation is 1. The molecule has 1 aromatic carbocycles. The van der Waals surface area contributed by atoms with Crippen LogP contribution in [0.15, 0.2) is 47.1 Å². The lowest BCUT2D eigenvalue weighted by Gasteiger charge is -2.06. The highest BCUT2D eigenvalue weighted by molar-refractivity contribution is 9.10. The SMILES string of the molecule is O=[N+]([O-])c1cc(Br)cnc1NCCCc1ccccc1. The van der Waals surface area contributed by atoms with Crippen molar-refractivity contribution in [1.29, 1.82) is 0 Å². The van der Waals surface area contributed by atoms with Crippen LogP contribution in [0.25, 0.3) is 0 Å². The zero-order valence-corrected chi connectivity index (χ0v) is 12.3. The third-order valence-electron chi connectivity index (χ3n) is 2.81. The first-order valence-electron chi connectivity index (χ1n) is 6.24. The minimum atomic E-state index is -0.433. The molecule has 0 unspecified atom stereocenters. The molecular weight excluding hydrogens is 322 g/mol. The number of nitro groups is 1. The molecule has 1 N–H and O–H groups in total. The molecule has 104 valence electrons. The molecule has 6 heteroatoms. The van der Waals surface area contributed by atoms with E-state index in [1.54, 1.807) is 6.20 Å². The Morgan fingerprint density at radius 1 is 1.30 bits per heavy atom. The molecular formula is C14H14BrN3O2. The topological polar surface area (TPSA) is 68.1 Å². The largest absolute Gasteiger partial charge is 0.364 e. The molecule has 1 heterocycles. The Labute approximate surface area is 125 Å². The van der Waals surface area contributed by atoms with Gasteiger partial charge in [0.05, 0.1) is 4.92 Å². The molecule has 0 saturated heterocycles. The minimum absolute atomic E-state index is 0.0147. The number of hydrogen-bond acceptors (Lipinski definition) is 4. The monoisotopic (exact) mass is 335 g/mol. The molecule has 0 bridgehead atoms. The predicted octanol–water partition coefficient (Wildman–Crippen LogP) is 3.80. The van der Waals surface area contributed by atoms with Crippen LogP contribution in [0.1, 0.15) is 12.0 Å². The average molecular weight is 336 g/mol. The van der Waals surface area contributed by atoms with E-state index in [2.05, 4.69) is 38.4 Å². The van der Waals surface area contributed by atoms with Crippen molar-refractivity contribution >= 4 is 27.4 Å². The van der Waals surface area contributed by atoms with Crippen molar-refractivity contribution in [2.75, 3.05) is 11.9 Å². The summed E-state index contributed by atoms with van der Waals surface area (Å²) in [6.45, 7) is 0.643. The van der Waals surface area contributed by atoms with E-state index in [0.29, 0.717) is 16.8 Å². The van der Waals surface area contributed by atoms with E-state index in [4.69, 9.17) is 0 Å². The van der Waals surface area contributed by atoms with Gasteiger partial charge in [0.2, 0.25) is 5.82 Å². The number of nitrogens with zero attached hydrogens (tertiary/aromatic N) is 2. The van der Waals surface area contributed by atoms with Crippen LogP contribution in [0.5, 0.6) is 0 Å². The van der Waals surface area contributed by atoms with Gasteiger partial charge in [0.25, 0.3) is 0 Å². The van der Waals surface area contributed by atoms with Gasteiger partial charge < -0.3 is 5.32 Å². The van der Waals surface area contributed by atoms with Gasteiger partial charge in [-0.25, -0.2) is 4.98 Å². The fourth-order valence-corrected chi connectivity index (χ4v) is 2.17. The highest BCUT2D eigenvalue weighted by atomic mass is 79.9. The zero-order chi connectivity index (χ0) is 14.4. The summed E-state index contributed by atoms with van der Waals surface area (Å²) in [4.78, 5) is 14.5. The van der Waals surface area contributed by atoms with E-state index in [9.17, 15) is 10.1 Å². The van der Waals surface area contributed by atoms with Gasteiger partial charge in [-0.05, 0) is 34.3 Å². The zero-order valence-electron chi connectivity index (χ0n) is 10.8. The fourth-order valence-electron chi connectivity index (χ4n) is 1.85. The maximum Gasteiger partial charge on any atom is 0.312 e. The summed E-state index contributed by atoms with van der Waals surface area (Å²) in [5.74, 6) is 0.311. The fraction of sp³-hybridized carbons (Fsp3) is 0.214. The Morgan fingerprint density at radius 3 is 2.75 bits per heavy atom. The van der Waals surface area contributed by atoms with Crippen molar-refractivity contribution in [2.45, 2.75) is 12.8 Å². The van der Waals surface area contributed by atoms with E-state index in [1.807, 2.05) is 18.2 Å². The second kappa shape index (κ2) is 7.00. The smallest absolute Gasteiger partial charge is 0.312 e. The van der Waals surface area contributed by atoms with Crippen LogP contribution in [-0.2, 0) is 6.42 Å². The lowest BCUT2D eigenvalue weighted by molar-refractivity contribution is -0.384. The highest BCUT2D eigenvalue weighted by Crippen LogP contribution is 2.25. The van der Waals surface area contributed by atoms with Gasteiger partial charge in [0, 0.05) is 23.3 Å². The van der Waals surface area contributed by atoms with E-state index in [1.165, 1.54) is 11.6 Å². The quantitative estimate of drug-likeness (QED) is 0.495. The van der Waals surface area contributed by atoms with Crippen molar-refractivity contribution in [1.82, 2.24) is 4.98 Å². The number of halogens is 1. The first-order chi connectivity index (χ1) is 9.66. The lowest BCUT2D eigenvalue weighted by atomic mass is 10.1. The van der Waals surface area contributed by atoms with Gasteiger partial charge in [0.15, 0.2) is 0 Å². The molecule has 2 rings (SSSR count). The Kier molecular flexibility index (Phi) is 5.06. The van der Waals surface area contributed by atoms with Crippen molar-refractivity contribution in [2.24, 2.45) is 0 Å².